The Bertz CT molecular complexity index is 1030. The monoisotopic (exact) mass is 375 g/mol. The highest BCUT2D eigenvalue weighted by molar-refractivity contribution is 7.90. The van der Waals surface area contributed by atoms with Crippen LogP contribution in [0.2, 0.25) is 0 Å². The van der Waals surface area contributed by atoms with Crippen LogP contribution in [0.3, 0.4) is 0 Å². The molecule has 3 aromatic rings. The van der Waals surface area contributed by atoms with E-state index in [9.17, 15) is 17.6 Å². The maximum absolute atomic E-state index is 12.9. The second kappa shape index (κ2) is 6.96. The molecule has 1 aromatic heterocycles. The third-order valence-corrected chi connectivity index (χ3v) is 4.86. The molecule has 0 fully saturated rings. The molecule has 9 heteroatoms. The summed E-state index contributed by atoms with van der Waals surface area (Å²) in [6, 6.07) is 12.5. The molecule has 134 valence electrons. The summed E-state index contributed by atoms with van der Waals surface area (Å²) in [5.41, 5.74) is 0.595. The van der Waals surface area contributed by atoms with Crippen molar-refractivity contribution in [2.45, 2.75) is 4.90 Å². The van der Waals surface area contributed by atoms with Gasteiger partial charge in [-0.15, -0.1) is 0 Å². The van der Waals surface area contributed by atoms with Crippen LogP contribution in [0.15, 0.2) is 65.7 Å². The van der Waals surface area contributed by atoms with Crippen LogP contribution in [0.5, 0.6) is 5.75 Å². The minimum absolute atomic E-state index is 0.0773. The maximum atomic E-state index is 12.9. The van der Waals surface area contributed by atoms with E-state index < -0.39 is 21.7 Å². The van der Waals surface area contributed by atoms with Gasteiger partial charge in [0.15, 0.2) is 5.69 Å². The van der Waals surface area contributed by atoms with Crippen LogP contribution >= 0.6 is 0 Å². The molecule has 0 aliphatic rings. The summed E-state index contributed by atoms with van der Waals surface area (Å²) in [6.45, 7) is 0. The summed E-state index contributed by atoms with van der Waals surface area (Å²) in [4.78, 5) is 12.0. The number of carbonyl (C=O) groups excluding carboxylic acids is 1. The summed E-state index contributed by atoms with van der Waals surface area (Å²) in [5, 5.41) is 4.07. The van der Waals surface area contributed by atoms with E-state index >= 15 is 0 Å². The van der Waals surface area contributed by atoms with Crippen molar-refractivity contribution >= 4 is 15.9 Å². The molecule has 0 spiro atoms. The van der Waals surface area contributed by atoms with Crippen molar-refractivity contribution in [3.63, 3.8) is 0 Å². The molecule has 0 atom stereocenters. The first-order chi connectivity index (χ1) is 12.4. The Kier molecular flexibility index (Phi) is 4.72. The van der Waals surface area contributed by atoms with Crippen LogP contribution in [0.25, 0.3) is 5.69 Å². The largest absolute Gasteiger partial charge is 0.497 e. The molecule has 0 radical (unpaired) electrons. The molecule has 7 nitrogen and oxygen atoms in total. The summed E-state index contributed by atoms with van der Waals surface area (Å²) >= 11 is 0. The summed E-state index contributed by atoms with van der Waals surface area (Å²) in [6.07, 6.45) is 1.53. The van der Waals surface area contributed by atoms with Gasteiger partial charge in [-0.3, -0.25) is 4.79 Å². The molecule has 1 heterocycles. The molecule has 0 unspecified atom stereocenters. The number of aromatic nitrogens is 2. The van der Waals surface area contributed by atoms with Crippen molar-refractivity contribution in [3.05, 3.63) is 72.3 Å². The van der Waals surface area contributed by atoms with Crippen LogP contribution < -0.4 is 9.46 Å². The standard InChI is InChI=1S/C17H14FN3O4S/c1-25-14-6-4-13(5-7-14)21-11-10-16(19-21)17(22)20-26(23,24)15-8-2-12(18)3-9-15/h2-11H,1H3,(H,20,22). The van der Waals surface area contributed by atoms with Gasteiger partial charge >= 0.3 is 0 Å². The van der Waals surface area contributed by atoms with Gasteiger partial charge < -0.3 is 4.74 Å². The van der Waals surface area contributed by atoms with Gasteiger partial charge in [-0.05, 0) is 54.6 Å². The molecule has 3 rings (SSSR count). The van der Waals surface area contributed by atoms with E-state index in [4.69, 9.17) is 4.74 Å². The summed E-state index contributed by atoms with van der Waals surface area (Å²) in [5.74, 6) is -0.792. The zero-order valence-corrected chi connectivity index (χ0v) is 14.4. The topological polar surface area (TPSA) is 90.3 Å². The number of halogens is 1. The molecular formula is C17H14FN3O4S. The fourth-order valence-electron chi connectivity index (χ4n) is 2.17. The molecule has 0 aliphatic carbocycles. The first kappa shape index (κ1) is 17.6. The first-order valence-electron chi connectivity index (χ1n) is 7.42. The van der Waals surface area contributed by atoms with Gasteiger partial charge in [-0.2, -0.15) is 5.10 Å². The van der Waals surface area contributed by atoms with Crippen molar-refractivity contribution in [1.29, 1.82) is 0 Å². The zero-order valence-electron chi connectivity index (χ0n) is 13.6. The number of rotatable bonds is 5. The molecule has 0 bridgehead atoms. The minimum Gasteiger partial charge on any atom is -0.497 e. The van der Waals surface area contributed by atoms with Crippen molar-refractivity contribution in [3.8, 4) is 11.4 Å². The van der Waals surface area contributed by atoms with E-state index in [1.807, 2.05) is 4.72 Å². The highest BCUT2D eigenvalue weighted by Crippen LogP contribution is 2.15. The van der Waals surface area contributed by atoms with E-state index in [1.165, 1.54) is 16.9 Å². The number of hydrogen-bond acceptors (Lipinski definition) is 5. The molecule has 0 saturated heterocycles. The van der Waals surface area contributed by atoms with Gasteiger partial charge in [-0.1, -0.05) is 0 Å². The lowest BCUT2D eigenvalue weighted by molar-refractivity contribution is 0.0976. The fourth-order valence-corrected chi connectivity index (χ4v) is 3.13. The Labute approximate surface area is 149 Å². The van der Waals surface area contributed by atoms with Crippen LogP contribution in [0.4, 0.5) is 4.39 Å². The number of nitrogens with one attached hydrogen (secondary N) is 1. The molecule has 1 N–H and O–H groups in total. The Hall–Kier alpha value is -3.20. The van der Waals surface area contributed by atoms with Gasteiger partial charge in [-0.25, -0.2) is 22.2 Å². The number of ether oxygens (including phenoxy) is 1. The van der Waals surface area contributed by atoms with Crippen LogP contribution in [-0.2, 0) is 10.0 Å². The normalized spacial score (nSPS) is 11.2. The van der Waals surface area contributed by atoms with Crippen molar-refractivity contribution < 1.29 is 22.3 Å². The Balaban J connectivity index is 1.78. The average molecular weight is 375 g/mol. The van der Waals surface area contributed by atoms with Gasteiger partial charge in [0.25, 0.3) is 15.9 Å². The smallest absolute Gasteiger partial charge is 0.285 e. The third-order valence-electron chi connectivity index (χ3n) is 3.51. The second-order valence-corrected chi connectivity index (χ2v) is 6.91. The van der Waals surface area contributed by atoms with E-state index in [-0.39, 0.29) is 10.6 Å². The Morgan fingerprint density at radius 1 is 1.08 bits per heavy atom. The highest BCUT2D eigenvalue weighted by Gasteiger charge is 2.20. The number of benzene rings is 2. The van der Waals surface area contributed by atoms with E-state index in [0.717, 1.165) is 24.3 Å². The van der Waals surface area contributed by atoms with Crippen molar-refractivity contribution in [2.24, 2.45) is 0 Å². The molecule has 0 saturated carbocycles. The lowest BCUT2D eigenvalue weighted by atomic mass is 10.3. The number of methoxy groups -OCH3 is 1. The number of hydrogen-bond donors (Lipinski definition) is 1. The maximum Gasteiger partial charge on any atom is 0.285 e. The predicted octanol–water partition coefficient (Wildman–Crippen LogP) is 2.14. The summed E-state index contributed by atoms with van der Waals surface area (Å²) < 4.78 is 45.7. The fraction of sp³-hybridized carbons (Fsp3) is 0.0588. The van der Waals surface area contributed by atoms with Crippen LogP contribution in [0.1, 0.15) is 10.5 Å². The quantitative estimate of drug-likeness (QED) is 0.738. The van der Waals surface area contributed by atoms with Gasteiger partial charge in [0, 0.05) is 6.20 Å². The zero-order chi connectivity index (χ0) is 18.7. The Morgan fingerprint density at radius 2 is 1.73 bits per heavy atom. The molecular weight excluding hydrogens is 361 g/mol. The van der Waals surface area contributed by atoms with E-state index in [1.54, 1.807) is 31.4 Å². The van der Waals surface area contributed by atoms with Crippen LogP contribution in [-0.4, -0.2) is 31.2 Å². The molecule has 1 amide bonds. The minimum atomic E-state index is -4.12. The number of amides is 1. The van der Waals surface area contributed by atoms with E-state index in [2.05, 4.69) is 5.10 Å². The second-order valence-electron chi connectivity index (χ2n) is 5.23. The molecule has 26 heavy (non-hydrogen) atoms. The third kappa shape index (κ3) is 3.72. The number of sulfonamides is 1. The van der Waals surface area contributed by atoms with E-state index in [0.29, 0.717) is 11.4 Å². The van der Waals surface area contributed by atoms with Crippen LogP contribution in [0, 0.1) is 5.82 Å². The number of nitrogens with zero attached hydrogens (tertiary/aromatic N) is 2. The van der Waals surface area contributed by atoms with Gasteiger partial charge in [0.2, 0.25) is 0 Å². The highest BCUT2D eigenvalue weighted by atomic mass is 32.2. The average Bonchev–Trinajstić information content (AvgIpc) is 3.12. The Morgan fingerprint density at radius 3 is 2.35 bits per heavy atom. The lowest BCUT2D eigenvalue weighted by Crippen LogP contribution is -2.31. The van der Waals surface area contributed by atoms with Crippen molar-refractivity contribution in [2.75, 3.05) is 7.11 Å². The first-order valence-corrected chi connectivity index (χ1v) is 8.90. The molecule has 2 aromatic carbocycles. The number of carbonyl (C=O) groups is 1. The molecule has 0 aliphatic heterocycles. The predicted molar refractivity (Wildman–Crippen MR) is 91.2 cm³/mol. The SMILES string of the molecule is COc1ccc(-n2ccc(C(=O)NS(=O)(=O)c3ccc(F)cc3)n2)cc1. The lowest BCUT2D eigenvalue weighted by Gasteiger charge is -2.06. The summed E-state index contributed by atoms with van der Waals surface area (Å²) in [7, 11) is -2.57. The van der Waals surface area contributed by atoms with Gasteiger partial charge in [0.05, 0.1) is 17.7 Å². The van der Waals surface area contributed by atoms with Gasteiger partial charge in [0.1, 0.15) is 11.6 Å². The van der Waals surface area contributed by atoms with Crippen molar-refractivity contribution in [1.82, 2.24) is 14.5 Å².